The Hall–Kier alpha value is -3.22. The third-order valence-electron chi connectivity index (χ3n) is 11.6. The SMILES string of the molecule is CC1CC(COc2ccc(N(C)c3ccc(CCc4ccc(N(C)c5ccc(OCC6CC(C)CC7SC67)cc5)cc4)cc3)cc2)C2SC2C1. The van der Waals surface area contributed by atoms with Crippen molar-refractivity contribution in [3.05, 3.63) is 108 Å². The van der Waals surface area contributed by atoms with Gasteiger partial charge in [0, 0.05) is 69.7 Å². The van der Waals surface area contributed by atoms with Gasteiger partial charge in [0.05, 0.1) is 13.2 Å². The minimum atomic E-state index is 0.703. The summed E-state index contributed by atoms with van der Waals surface area (Å²) in [4.78, 5) is 4.49. The van der Waals surface area contributed by atoms with Crippen LogP contribution in [-0.2, 0) is 12.8 Å². The second-order valence-electron chi connectivity index (χ2n) is 15.5. The Morgan fingerprint density at radius 2 is 0.840 bits per heavy atom. The van der Waals surface area contributed by atoms with Crippen LogP contribution in [-0.4, -0.2) is 48.3 Å². The minimum absolute atomic E-state index is 0.703. The van der Waals surface area contributed by atoms with E-state index in [0.29, 0.717) is 11.8 Å². The summed E-state index contributed by atoms with van der Waals surface area (Å²) in [5.41, 5.74) is 7.44. The third kappa shape index (κ3) is 7.97. The predicted octanol–water partition coefficient (Wildman–Crippen LogP) is 10.8. The highest BCUT2D eigenvalue weighted by Gasteiger charge is 2.49. The van der Waals surface area contributed by atoms with E-state index in [9.17, 15) is 0 Å². The van der Waals surface area contributed by atoms with Crippen LogP contribution in [0.25, 0.3) is 0 Å². The van der Waals surface area contributed by atoms with E-state index in [0.717, 1.165) is 70.4 Å². The van der Waals surface area contributed by atoms with Crippen LogP contribution >= 0.6 is 23.5 Å². The maximum Gasteiger partial charge on any atom is 0.119 e. The number of hydrogen-bond acceptors (Lipinski definition) is 6. The molecule has 0 amide bonds. The molecule has 4 nitrogen and oxygen atoms in total. The fraction of sp³-hybridized carbons (Fsp3) is 0.455. The van der Waals surface area contributed by atoms with Crippen molar-refractivity contribution in [2.45, 2.75) is 73.4 Å². The van der Waals surface area contributed by atoms with Gasteiger partial charge in [0.25, 0.3) is 0 Å². The van der Waals surface area contributed by atoms with Gasteiger partial charge >= 0.3 is 0 Å². The molecule has 4 aliphatic rings. The standard InChI is InChI=1S/C44H52N2O2S2/c1-29-23-33(43-41(25-29)49-43)27-47-39-19-15-37(16-20-39)45(3)35-11-7-31(8-12-35)5-6-32-9-13-36(14-10-32)46(4)38-17-21-40(22-18-38)48-28-34-24-30(2)26-42-44(34)50-42/h7-22,29-30,33-34,41-44H,5-6,23-28H2,1-4H3. The van der Waals surface area contributed by atoms with Gasteiger partial charge in [-0.15, -0.1) is 0 Å². The lowest BCUT2D eigenvalue weighted by Gasteiger charge is -2.25. The average molecular weight is 705 g/mol. The van der Waals surface area contributed by atoms with Crippen LogP contribution in [0.4, 0.5) is 22.7 Å². The summed E-state index contributed by atoms with van der Waals surface area (Å²) in [6.07, 6.45) is 7.44. The van der Waals surface area contributed by atoms with E-state index in [1.165, 1.54) is 59.6 Å². The van der Waals surface area contributed by atoms with E-state index in [2.05, 4.69) is 158 Å². The molecular weight excluding hydrogens is 653 g/mol. The van der Waals surface area contributed by atoms with Gasteiger partial charge in [0.1, 0.15) is 11.5 Å². The predicted molar refractivity (Wildman–Crippen MR) is 214 cm³/mol. The lowest BCUT2D eigenvalue weighted by Crippen LogP contribution is -2.26. The Morgan fingerprint density at radius 1 is 0.500 bits per heavy atom. The van der Waals surface area contributed by atoms with Gasteiger partial charge in [0.2, 0.25) is 0 Å². The molecule has 2 heterocycles. The number of aryl methyl sites for hydroxylation is 2. The number of fused-ring (bicyclic) bond motifs is 2. The number of ether oxygens (including phenoxy) is 2. The summed E-state index contributed by atoms with van der Waals surface area (Å²) >= 11 is 4.33. The zero-order valence-electron chi connectivity index (χ0n) is 30.0. The number of thioether (sulfide) groups is 2. The summed E-state index contributed by atoms with van der Waals surface area (Å²) < 4.78 is 12.5. The maximum atomic E-state index is 6.24. The first-order valence-corrected chi connectivity index (χ1v) is 20.7. The van der Waals surface area contributed by atoms with Crippen LogP contribution in [0.5, 0.6) is 11.5 Å². The highest BCUT2D eigenvalue weighted by molar-refractivity contribution is 8.08. The number of benzene rings is 4. The average Bonchev–Trinajstić information content (AvgIpc) is 4.08. The van der Waals surface area contributed by atoms with Crippen LogP contribution < -0.4 is 19.3 Å². The van der Waals surface area contributed by atoms with Crippen molar-refractivity contribution < 1.29 is 9.47 Å². The van der Waals surface area contributed by atoms with Crippen molar-refractivity contribution in [3.8, 4) is 11.5 Å². The second kappa shape index (κ2) is 14.8. The molecule has 4 aromatic carbocycles. The van der Waals surface area contributed by atoms with Gasteiger partial charge < -0.3 is 19.3 Å². The maximum absolute atomic E-state index is 6.24. The Kier molecular flexibility index (Phi) is 10.0. The largest absolute Gasteiger partial charge is 0.493 e. The molecule has 50 heavy (non-hydrogen) atoms. The fourth-order valence-electron chi connectivity index (χ4n) is 8.43. The smallest absolute Gasteiger partial charge is 0.119 e. The van der Waals surface area contributed by atoms with E-state index in [1.807, 2.05) is 0 Å². The van der Waals surface area contributed by atoms with E-state index in [-0.39, 0.29) is 0 Å². The number of anilines is 4. The van der Waals surface area contributed by atoms with Crippen LogP contribution in [0.3, 0.4) is 0 Å². The first-order valence-electron chi connectivity index (χ1n) is 18.8. The monoisotopic (exact) mass is 704 g/mol. The highest BCUT2D eigenvalue weighted by atomic mass is 32.2. The van der Waals surface area contributed by atoms with Crippen molar-refractivity contribution in [2.75, 3.05) is 37.1 Å². The van der Waals surface area contributed by atoms with Gasteiger partial charge in [-0.1, -0.05) is 38.1 Å². The van der Waals surface area contributed by atoms with Gasteiger partial charge in [-0.2, -0.15) is 23.5 Å². The molecule has 2 aliphatic carbocycles. The van der Waals surface area contributed by atoms with Crippen LogP contribution in [0.1, 0.15) is 50.7 Å². The van der Waals surface area contributed by atoms with Gasteiger partial charge in [-0.05, 0) is 134 Å². The summed E-state index contributed by atoms with van der Waals surface area (Å²) in [5, 5.41) is 3.47. The van der Waals surface area contributed by atoms with Gasteiger partial charge in [-0.25, -0.2) is 0 Å². The zero-order chi connectivity index (χ0) is 34.2. The normalized spacial score (nSPS) is 27.8. The van der Waals surface area contributed by atoms with Crippen LogP contribution in [0.15, 0.2) is 97.1 Å². The molecule has 0 bridgehead atoms. The van der Waals surface area contributed by atoms with Crippen molar-refractivity contribution in [2.24, 2.45) is 23.7 Å². The van der Waals surface area contributed by atoms with Gasteiger partial charge in [0.15, 0.2) is 0 Å². The fourth-order valence-corrected chi connectivity index (χ4v) is 11.4. The van der Waals surface area contributed by atoms with E-state index < -0.39 is 0 Å². The molecule has 6 heteroatoms. The lowest BCUT2D eigenvalue weighted by atomic mass is 9.83. The number of hydrogen-bond donors (Lipinski definition) is 0. The second-order valence-corrected chi connectivity index (χ2v) is 18.4. The van der Waals surface area contributed by atoms with Crippen molar-refractivity contribution in [1.82, 2.24) is 0 Å². The molecule has 4 fully saturated rings. The summed E-state index contributed by atoms with van der Waals surface area (Å²) in [6, 6.07) is 35.2. The topological polar surface area (TPSA) is 24.9 Å². The molecule has 4 aromatic rings. The summed E-state index contributed by atoms with van der Waals surface area (Å²) in [5.74, 6) is 5.03. The lowest BCUT2D eigenvalue weighted by molar-refractivity contribution is 0.203. The quantitative estimate of drug-likeness (QED) is 0.129. The molecule has 2 aliphatic heterocycles. The molecule has 8 atom stereocenters. The molecule has 0 N–H and O–H groups in total. The molecule has 0 spiro atoms. The third-order valence-corrected chi connectivity index (χ3v) is 14.7. The Balaban J connectivity index is 0.785. The molecule has 2 saturated carbocycles. The molecule has 0 aromatic heterocycles. The molecular formula is C44H52N2O2S2. The molecule has 2 saturated heterocycles. The van der Waals surface area contributed by atoms with Gasteiger partial charge in [-0.3, -0.25) is 0 Å². The Labute approximate surface area is 308 Å². The van der Waals surface area contributed by atoms with Crippen LogP contribution in [0.2, 0.25) is 0 Å². The van der Waals surface area contributed by atoms with E-state index >= 15 is 0 Å². The van der Waals surface area contributed by atoms with Crippen molar-refractivity contribution >= 4 is 46.3 Å². The Bertz CT molecular complexity index is 1580. The molecule has 8 rings (SSSR count). The minimum Gasteiger partial charge on any atom is -0.493 e. The Morgan fingerprint density at radius 3 is 1.20 bits per heavy atom. The van der Waals surface area contributed by atoms with E-state index in [4.69, 9.17) is 9.47 Å². The van der Waals surface area contributed by atoms with E-state index in [1.54, 1.807) is 0 Å². The first kappa shape index (κ1) is 33.9. The number of nitrogens with zero attached hydrogens (tertiary/aromatic N) is 2. The zero-order valence-corrected chi connectivity index (χ0v) is 31.7. The van der Waals surface area contributed by atoms with Crippen molar-refractivity contribution in [3.63, 3.8) is 0 Å². The summed E-state index contributed by atoms with van der Waals surface area (Å²) in [7, 11) is 4.28. The molecule has 262 valence electrons. The first-order chi connectivity index (χ1) is 24.4. The molecule has 8 unspecified atom stereocenters. The van der Waals surface area contributed by atoms with Crippen LogP contribution in [0, 0.1) is 23.7 Å². The molecule has 0 radical (unpaired) electrons. The number of rotatable bonds is 13. The summed E-state index contributed by atoms with van der Waals surface area (Å²) in [6.45, 7) is 6.49. The highest BCUT2D eigenvalue weighted by Crippen LogP contribution is 2.56. The van der Waals surface area contributed by atoms with Crippen molar-refractivity contribution in [1.29, 1.82) is 0 Å².